The Morgan fingerprint density at radius 1 is 1.44 bits per heavy atom. The van der Waals surface area contributed by atoms with Crippen molar-refractivity contribution in [3.8, 4) is 0 Å². The van der Waals surface area contributed by atoms with Crippen LogP contribution in [0.5, 0.6) is 0 Å². The maximum Gasteiger partial charge on any atom is 0.0757 e. The van der Waals surface area contributed by atoms with Gasteiger partial charge in [0.15, 0.2) is 0 Å². The van der Waals surface area contributed by atoms with Gasteiger partial charge in [-0.1, -0.05) is 23.7 Å². The topological polar surface area (TPSA) is 29.9 Å². The molecule has 2 aromatic rings. The van der Waals surface area contributed by atoms with Crippen LogP contribution in [0.3, 0.4) is 0 Å². The lowest BCUT2D eigenvalue weighted by Crippen LogP contribution is -2.21. The predicted molar refractivity (Wildman–Crippen MR) is 78.0 cm³/mol. The van der Waals surface area contributed by atoms with E-state index in [0.717, 1.165) is 20.8 Å². The first-order chi connectivity index (χ1) is 8.54. The van der Waals surface area contributed by atoms with Gasteiger partial charge in [0.2, 0.25) is 0 Å². The molecule has 0 saturated carbocycles. The van der Waals surface area contributed by atoms with Gasteiger partial charge in [0, 0.05) is 12.1 Å². The lowest BCUT2D eigenvalue weighted by Gasteiger charge is -2.18. The van der Waals surface area contributed by atoms with E-state index in [1.165, 1.54) is 5.56 Å². The average molecular weight is 329 g/mol. The van der Waals surface area contributed by atoms with Crippen molar-refractivity contribution in [3.63, 3.8) is 0 Å². The zero-order valence-electron chi connectivity index (χ0n) is 10.5. The van der Waals surface area contributed by atoms with E-state index in [4.69, 9.17) is 11.6 Å². The SMILES string of the molecule is CNC(c1ccc(Cl)c(C)c1)c1c(Br)cnn1C. The Balaban J connectivity index is 2.48. The Morgan fingerprint density at radius 3 is 2.67 bits per heavy atom. The minimum Gasteiger partial charge on any atom is -0.308 e. The molecule has 1 heterocycles. The number of nitrogens with one attached hydrogen (secondary N) is 1. The van der Waals surface area contributed by atoms with Crippen molar-refractivity contribution in [1.29, 1.82) is 0 Å². The maximum atomic E-state index is 6.07. The summed E-state index contributed by atoms with van der Waals surface area (Å²) in [6, 6.07) is 6.16. The summed E-state index contributed by atoms with van der Waals surface area (Å²) >= 11 is 9.61. The molecular formula is C13H15BrClN3. The van der Waals surface area contributed by atoms with Crippen LogP contribution in [0, 0.1) is 6.92 Å². The highest BCUT2D eigenvalue weighted by atomic mass is 79.9. The van der Waals surface area contributed by atoms with Crippen LogP contribution in [0.15, 0.2) is 28.9 Å². The monoisotopic (exact) mass is 327 g/mol. The van der Waals surface area contributed by atoms with E-state index >= 15 is 0 Å². The minimum absolute atomic E-state index is 0.0860. The van der Waals surface area contributed by atoms with Crippen molar-refractivity contribution >= 4 is 27.5 Å². The summed E-state index contributed by atoms with van der Waals surface area (Å²) in [5.41, 5.74) is 3.34. The summed E-state index contributed by atoms with van der Waals surface area (Å²) in [6.45, 7) is 2.01. The van der Waals surface area contributed by atoms with Gasteiger partial charge in [-0.2, -0.15) is 5.10 Å². The molecule has 1 N–H and O–H groups in total. The van der Waals surface area contributed by atoms with Crippen molar-refractivity contribution in [3.05, 3.63) is 50.7 Å². The Kier molecular flexibility index (Phi) is 4.10. The molecule has 18 heavy (non-hydrogen) atoms. The normalized spacial score (nSPS) is 12.7. The van der Waals surface area contributed by atoms with Crippen LogP contribution >= 0.6 is 27.5 Å². The van der Waals surface area contributed by atoms with Crippen molar-refractivity contribution in [2.24, 2.45) is 7.05 Å². The highest BCUT2D eigenvalue weighted by Crippen LogP contribution is 2.29. The van der Waals surface area contributed by atoms with Gasteiger partial charge in [-0.15, -0.1) is 0 Å². The molecule has 0 spiro atoms. The molecule has 0 amide bonds. The van der Waals surface area contributed by atoms with Gasteiger partial charge in [0.25, 0.3) is 0 Å². The number of benzene rings is 1. The molecule has 3 nitrogen and oxygen atoms in total. The molecule has 1 atom stereocenters. The largest absolute Gasteiger partial charge is 0.308 e. The number of aromatic nitrogens is 2. The molecule has 0 aliphatic rings. The van der Waals surface area contributed by atoms with Crippen LogP contribution < -0.4 is 5.32 Å². The van der Waals surface area contributed by atoms with Gasteiger partial charge >= 0.3 is 0 Å². The Labute approximate surface area is 120 Å². The van der Waals surface area contributed by atoms with Gasteiger partial charge in [-0.25, -0.2) is 0 Å². The summed E-state index contributed by atoms with van der Waals surface area (Å²) in [6.07, 6.45) is 1.81. The zero-order valence-corrected chi connectivity index (χ0v) is 12.9. The van der Waals surface area contributed by atoms with E-state index in [2.05, 4.69) is 32.4 Å². The minimum atomic E-state index is 0.0860. The first kappa shape index (κ1) is 13.6. The smallest absolute Gasteiger partial charge is 0.0757 e. The molecule has 5 heteroatoms. The maximum absolute atomic E-state index is 6.07. The first-order valence-electron chi connectivity index (χ1n) is 5.65. The fourth-order valence-electron chi connectivity index (χ4n) is 2.05. The second kappa shape index (κ2) is 5.43. The molecule has 1 aromatic carbocycles. The van der Waals surface area contributed by atoms with E-state index in [1.54, 1.807) is 0 Å². The lowest BCUT2D eigenvalue weighted by atomic mass is 10.0. The molecule has 0 radical (unpaired) electrons. The van der Waals surface area contributed by atoms with Crippen LogP contribution in [-0.4, -0.2) is 16.8 Å². The first-order valence-corrected chi connectivity index (χ1v) is 6.82. The Hall–Kier alpha value is -0.840. The summed E-state index contributed by atoms with van der Waals surface area (Å²) in [5, 5.41) is 8.36. The molecule has 0 saturated heterocycles. The second-order valence-electron chi connectivity index (χ2n) is 4.23. The van der Waals surface area contributed by atoms with E-state index in [0.29, 0.717) is 0 Å². The van der Waals surface area contributed by atoms with Crippen LogP contribution in [0.4, 0.5) is 0 Å². The summed E-state index contributed by atoms with van der Waals surface area (Å²) in [5.74, 6) is 0. The molecule has 0 aliphatic carbocycles. The fraction of sp³-hybridized carbons (Fsp3) is 0.308. The number of hydrogen-bond donors (Lipinski definition) is 1. The van der Waals surface area contributed by atoms with Gasteiger partial charge in [-0.3, -0.25) is 4.68 Å². The van der Waals surface area contributed by atoms with Crippen molar-refractivity contribution in [2.75, 3.05) is 7.05 Å². The zero-order chi connectivity index (χ0) is 13.3. The van der Waals surface area contributed by atoms with Crippen molar-refractivity contribution in [2.45, 2.75) is 13.0 Å². The third-order valence-electron chi connectivity index (χ3n) is 3.02. The summed E-state index contributed by atoms with van der Waals surface area (Å²) in [4.78, 5) is 0. The van der Waals surface area contributed by atoms with Crippen molar-refractivity contribution < 1.29 is 0 Å². The molecular weight excluding hydrogens is 314 g/mol. The molecule has 1 aromatic heterocycles. The van der Waals surface area contributed by atoms with Crippen molar-refractivity contribution in [1.82, 2.24) is 15.1 Å². The van der Waals surface area contributed by atoms with E-state index in [9.17, 15) is 0 Å². The lowest BCUT2D eigenvalue weighted by molar-refractivity contribution is 0.604. The quantitative estimate of drug-likeness (QED) is 0.935. The summed E-state index contributed by atoms with van der Waals surface area (Å²) in [7, 11) is 3.88. The van der Waals surface area contributed by atoms with Crippen LogP contribution in [0.1, 0.15) is 22.9 Å². The highest BCUT2D eigenvalue weighted by molar-refractivity contribution is 9.10. The molecule has 0 bridgehead atoms. The highest BCUT2D eigenvalue weighted by Gasteiger charge is 2.19. The Morgan fingerprint density at radius 2 is 2.17 bits per heavy atom. The van der Waals surface area contributed by atoms with E-state index < -0.39 is 0 Å². The van der Waals surface area contributed by atoms with E-state index in [1.807, 2.05) is 44.0 Å². The number of nitrogens with zero attached hydrogens (tertiary/aromatic N) is 2. The van der Waals surface area contributed by atoms with Gasteiger partial charge in [-0.05, 0) is 47.1 Å². The average Bonchev–Trinajstić information content (AvgIpc) is 2.66. The molecule has 96 valence electrons. The molecule has 0 fully saturated rings. The third-order valence-corrected chi connectivity index (χ3v) is 4.05. The predicted octanol–water partition coefficient (Wildman–Crippen LogP) is 3.45. The van der Waals surface area contributed by atoms with Gasteiger partial charge in [0.05, 0.1) is 22.4 Å². The third kappa shape index (κ3) is 2.46. The van der Waals surface area contributed by atoms with Crippen LogP contribution in [-0.2, 0) is 7.05 Å². The Bertz CT molecular complexity index is 546. The van der Waals surface area contributed by atoms with Gasteiger partial charge in [0.1, 0.15) is 0 Å². The second-order valence-corrected chi connectivity index (χ2v) is 5.49. The molecule has 2 rings (SSSR count). The van der Waals surface area contributed by atoms with E-state index in [-0.39, 0.29) is 6.04 Å². The number of halogens is 2. The van der Waals surface area contributed by atoms with Crippen LogP contribution in [0.25, 0.3) is 0 Å². The number of rotatable bonds is 3. The molecule has 0 aliphatic heterocycles. The summed E-state index contributed by atoms with van der Waals surface area (Å²) < 4.78 is 2.87. The molecule has 1 unspecified atom stereocenters. The van der Waals surface area contributed by atoms with Gasteiger partial charge < -0.3 is 5.32 Å². The number of aryl methyl sites for hydroxylation is 2. The fourth-order valence-corrected chi connectivity index (χ4v) is 2.75. The standard InChI is InChI=1S/C13H15BrClN3/c1-8-6-9(4-5-11(8)15)12(16-2)13-10(14)7-17-18(13)3/h4-7,12,16H,1-3H3. The number of hydrogen-bond acceptors (Lipinski definition) is 2. The van der Waals surface area contributed by atoms with Crippen LogP contribution in [0.2, 0.25) is 5.02 Å².